The molecule has 0 bridgehead atoms. The highest BCUT2D eigenvalue weighted by Gasteiger charge is 2.10. The molecule has 0 fully saturated rings. The van der Waals surface area contributed by atoms with Gasteiger partial charge in [-0.15, -0.1) is 0 Å². The fraction of sp³-hybridized carbons (Fsp3) is 0.250. The van der Waals surface area contributed by atoms with Gasteiger partial charge in [0.15, 0.2) is 0 Å². The molecule has 3 aromatic rings. The van der Waals surface area contributed by atoms with Crippen molar-refractivity contribution in [3.8, 4) is 5.75 Å². The Bertz CT molecular complexity index is 926. The molecule has 0 heterocycles. The van der Waals surface area contributed by atoms with Crippen molar-refractivity contribution in [1.82, 2.24) is 5.32 Å². The van der Waals surface area contributed by atoms with Crippen LogP contribution in [0.3, 0.4) is 0 Å². The van der Waals surface area contributed by atoms with E-state index < -0.39 is 6.10 Å². The van der Waals surface area contributed by atoms with E-state index in [0.717, 1.165) is 24.3 Å². The van der Waals surface area contributed by atoms with Crippen LogP contribution >= 0.6 is 0 Å². The molecule has 3 rings (SSSR count). The predicted octanol–water partition coefficient (Wildman–Crippen LogP) is 3.80. The minimum atomic E-state index is -0.693. The second-order valence-electron chi connectivity index (χ2n) is 7.21. The van der Waals surface area contributed by atoms with Crippen LogP contribution in [-0.4, -0.2) is 28.4 Å². The maximum atomic E-state index is 10.3. The van der Waals surface area contributed by atoms with Crippen LogP contribution in [0.25, 0.3) is 0 Å². The van der Waals surface area contributed by atoms with Crippen LogP contribution in [-0.2, 0) is 13.0 Å². The molecule has 152 valence electrons. The highest BCUT2D eigenvalue weighted by Crippen LogP contribution is 2.22. The normalized spacial score (nSPS) is 12.0. The molecule has 3 aromatic carbocycles. The third kappa shape index (κ3) is 6.06. The lowest BCUT2D eigenvalue weighted by molar-refractivity contribution is 0.174. The van der Waals surface area contributed by atoms with Gasteiger partial charge < -0.3 is 26.0 Å². The summed E-state index contributed by atoms with van der Waals surface area (Å²) in [5.41, 5.74) is 5.65. The number of hydrogen-bond donors (Lipinski definition) is 5. The topological polar surface area (TPSA) is 84.8 Å². The number of aliphatic hydroxyl groups excluding tert-OH is 2. The average Bonchev–Trinajstić information content (AvgIpc) is 2.72. The van der Waals surface area contributed by atoms with Crippen LogP contribution < -0.4 is 10.6 Å². The van der Waals surface area contributed by atoms with E-state index in [1.165, 1.54) is 17.2 Å². The molecule has 1 atom stereocenters. The van der Waals surface area contributed by atoms with Gasteiger partial charge in [0, 0.05) is 23.5 Å². The summed E-state index contributed by atoms with van der Waals surface area (Å²) in [7, 11) is 0. The Kier molecular flexibility index (Phi) is 7.25. The maximum absolute atomic E-state index is 10.3. The van der Waals surface area contributed by atoms with Crippen LogP contribution in [0.2, 0.25) is 0 Å². The van der Waals surface area contributed by atoms with Crippen molar-refractivity contribution >= 4 is 11.4 Å². The van der Waals surface area contributed by atoms with E-state index in [2.05, 4.69) is 54.0 Å². The summed E-state index contributed by atoms with van der Waals surface area (Å²) in [6.07, 6.45) is 0.163. The molecule has 29 heavy (non-hydrogen) atoms. The summed E-state index contributed by atoms with van der Waals surface area (Å²) >= 11 is 0. The number of nitrogens with one attached hydrogen (secondary N) is 2. The molecule has 5 heteroatoms. The first-order valence-electron chi connectivity index (χ1n) is 9.79. The molecular weight excluding hydrogens is 364 g/mol. The molecule has 0 aliphatic rings. The van der Waals surface area contributed by atoms with Gasteiger partial charge in [0.1, 0.15) is 5.75 Å². The van der Waals surface area contributed by atoms with Crippen molar-refractivity contribution in [3.63, 3.8) is 0 Å². The summed E-state index contributed by atoms with van der Waals surface area (Å²) in [6.45, 7) is 2.97. The van der Waals surface area contributed by atoms with E-state index in [9.17, 15) is 15.3 Å². The van der Waals surface area contributed by atoms with Crippen LogP contribution in [0.5, 0.6) is 5.75 Å². The molecule has 0 spiro atoms. The standard InChI is InChI=1S/C24H28N2O3/c1-17-3-2-4-22(13-17)26-21-8-5-18(6-9-21)11-12-25-15-24(29)19-7-10-23(28)20(14-19)16-27/h2-10,13-14,24-29H,11-12,15-16H2,1H3. The first-order chi connectivity index (χ1) is 14.0. The monoisotopic (exact) mass is 392 g/mol. The lowest BCUT2D eigenvalue weighted by Gasteiger charge is -2.14. The number of anilines is 2. The van der Waals surface area contributed by atoms with E-state index in [-0.39, 0.29) is 12.4 Å². The minimum absolute atomic E-state index is 0.0387. The Morgan fingerprint density at radius 2 is 1.72 bits per heavy atom. The second-order valence-corrected chi connectivity index (χ2v) is 7.21. The fourth-order valence-electron chi connectivity index (χ4n) is 3.17. The Labute approximate surface area is 171 Å². The lowest BCUT2D eigenvalue weighted by atomic mass is 10.1. The number of aromatic hydroxyl groups is 1. The minimum Gasteiger partial charge on any atom is -0.508 e. The van der Waals surface area contributed by atoms with Crippen molar-refractivity contribution in [2.45, 2.75) is 26.1 Å². The molecule has 5 N–H and O–H groups in total. The van der Waals surface area contributed by atoms with Gasteiger partial charge in [-0.3, -0.25) is 0 Å². The predicted molar refractivity (Wildman–Crippen MR) is 116 cm³/mol. The summed E-state index contributed by atoms with van der Waals surface area (Å²) in [4.78, 5) is 0. The number of hydrogen-bond acceptors (Lipinski definition) is 5. The van der Waals surface area contributed by atoms with Crippen molar-refractivity contribution in [2.75, 3.05) is 18.4 Å². The van der Waals surface area contributed by atoms with Crippen molar-refractivity contribution < 1.29 is 15.3 Å². The molecule has 0 aromatic heterocycles. The number of phenols is 1. The molecule has 0 saturated carbocycles. The Hall–Kier alpha value is -2.86. The Balaban J connectivity index is 1.44. The van der Waals surface area contributed by atoms with Crippen molar-refractivity contribution in [2.24, 2.45) is 0 Å². The van der Waals surface area contributed by atoms with Gasteiger partial charge >= 0.3 is 0 Å². The Morgan fingerprint density at radius 1 is 0.931 bits per heavy atom. The third-order valence-corrected chi connectivity index (χ3v) is 4.85. The van der Waals surface area contributed by atoms with E-state index in [1.807, 2.05) is 12.1 Å². The highest BCUT2D eigenvalue weighted by atomic mass is 16.3. The molecule has 5 nitrogen and oxygen atoms in total. The fourth-order valence-corrected chi connectivity index (χ4v) is 3.17. The quantitative estimate of drug-likeness (QED) is 0.358. The maximum Gasteiger partial charge on any atom is 0.121 e. The molecule has 0 aliphatic carbocycles. The van der Waals surface area contributed by atoms with Crippen LogP contribution in [0.15, 0.2) is 66.7 Å². The smallest absolute Gasteiger partial charge is 0.121 e. The first-order valence-corrected chi connectivity index (χ1v) is 9.79. The van der Waals surface area contributed by atoms with E-state index in [1.54, 1.807) is 12.1 Å². The first kappa shape index (κ1) is 20.9. The van der Waals surface area contributed by atoms with Crippen LogP contribution in [0.4, 0.5) is 11.4 Å². The molecular formula is C24H28N2O3. The summed E-state index contributed by atoms with van der Waals surface area (Å²) in [6, 6.07) is 21.4. The summed E-state index contributed by atoms with van der Waals surface area (Å²) in [5, 5.41) is 35.8. The van der Waals surface area contributed by atoms with Crippen molar-refractivity contribution in [1.29, 1.82) is 0 Å². The van der Waals surface area contributed by atoms with Gasteiger partial charge in [0.05, 0.1) is 12.7 Å². The number of aliphatic hydroxyl groups is 2. The number of rotatable bonds is 9. The summed E-state index contributed by atoms with van der Waals surface area (Å²) < 4.78 is 0. The zero-order chi connectivity index (χ0) is 20.6. The number of benzene rings is 3. The van der Waals surface area contributed by atoms with E-state index in [0.29, 0.717) is 17.7 Å². The van der Waals surface area contributed by atoms with Crippen molar-refractivity contribution in [3.05, 3.63) is 89.0 Å². The summed E-state index contributed by atoms with van der Waals surface area (Å²) in [5.74, 6) is 0.0387. The number of aryl methyl sites for hydroxylation is 1. The van der Waals surface area contributed by atoms with Crippen LogP contribution in [0.1, 0.15) is 28.4 Å². The molecule has 0 saturated heterocycles. The molecule has 0 radical (unpaired) electrons. The average molecular weight is 392 g/mol. The Morgan fingerprint density at radius 3 is 2.45 bits per heavy atom. The zero-order valence-corrected chi connectivity index (χ0v) is 16.6. The van der Waals surface area contributed by atoms with Gasteiger partial charge in [-0.1, -0.05) is 30.3 Å². The second kappa shape index (κ2) is 10.1. The van der Waals surface area contributed by atoms with Gasteiger partial charge in [-0.05, 0) is 73.0 Å². The van der Waals surface area contributed by atoms with Gasteiger partial charge in [0.2, 0.25) is 0 Å². The highest BCUT2D eigenvalue weighted by molar-refractivity contribution is 5.60. The van der Waals surface area contributed by atoms with Gasteiger partial charge in [-0.25, -0.2) is 0 Å². The van der Waals surface area contributed by atoms with Crippen LogP contribution in [0, 0.1) is 6.92 Å². The third-order valence-electron chi connectivity index (χ3n) is 4.85. The molecule has 1 unspecified atom stereocenters. The lowest BCUT2D eigenvalue weighted by Crippen LogP contribution is -2.23. The van der Waals surface area contributed by atoms with Gasteiger partial charge in [-0.2, -0.15) is 0 Å². The molecule has 0 aliphatic heterocycles. The van der Waals surface area contributed by atoms with Gasteiger partial charge in [0.25, 0.3) is 0 Å². The van der Waals surface area contributed by atoms with E-state index in [4.69, 9.17) is 0 Å². The van der Waals surface area contributed by atoms with E-state index >= 15 is 0 Å². The SMILES string of the molecule is Cc1cccc(Nc2ccc(CCNCC(O)c3ccc(O)c(CO)c3)cc2)c1. The largest absolute Gasteiger partial charge is 0.508 e. The molecule has 0 amide bonds. The zero-order valence-electron chi connectivity index (χ0n) is 16.6.